The van der Waals surface area contributed by atoms with E-state index in [0.29, 0.717) is 18.6 Å². The normalized spacial score (nSPS) is 11.3. The lowest BCUT2D eigenvalue weighted by Gasteiger charge is -2.02. The number of benzene rings is 2. The first kappa shape index (κ1) is 17.2. The fourth-order valence-electron chi connectivity index (χ4n) is 2.01. The van der Waals surface area contributed by atoms with Gasteiger partial charge in [0, 0.05) is 10.4 Å². The number of halogens is 3. The molecule has 0 spiro atoms. The minimum Gasteiger partial charge on any atom is -0.506 e. The molecule has 0 fully saturated rings. The Morgan fingerprint density at radius 2 is 2.12 bits per heavy atom. The summed E-state index contributed by atoms with van der Waals surface area (Å²) in [5, 5.41) is 14.9. The summed E-state index contributed by atoms with van der Waals surface area (Å²) in [6.07, 6.45) is 1.48. The van der Waals surface area contributed by atoms with Crippen molar-refractivity contribution in [1.29, 1.82) is 0 Å². The molecule has 3 rings (SSSR count). The standard InChI is InChI=1S/C16H9BrClIN2O3/c17-11-3-8(4-12(19)15(11)22)7-20-21-16(23)14-6-9-5-10(18)1-2-13(9)24-14/h1-7,22H,(H,21,23)/b20-7+. The fraction of sp³-hybridized carbons (Fsp3) is 0. The number of carbonyl (C=O) groups excluding carboxylic acids is 1. The van der Waals surface area contributed by atoms with Crippen molar-refractivity contribution in [2.45, 2.75) is 0 Å². The van der Waals surface area contributed by atoms with Crippen molar-refractivity contribution >= 4 is 73.2 Å². The topological polar surface area (TPSA) is 74.8 Å². The highest BCUT2D eigenvalue weighted by molar-refractivity contribution is 14.1. The predicted octanol–water partition coefficient (Wildman–Crippen LogP) is 4.92. The summed E-state index contributed by atoms with van der Waals surface area (Å²) >= 11 is 11.2. The maximum absolute atomic E-state index is 12.1. The highest BCUT2D eigenvalue weighted by atomic mass is 127. The Bertz CT molecular complexity index is 948. The van der Waals surface area contributed by atoms with E-state index in [0.717, 1.165) is 10.9 Å². The number of furan rings is 1. The SMILES string of the molecule is O=C(N/N=C/c1cc(Br)c(O)c(I)c1)c1cc2cc(Cl)ccc2o1. The van der Waals surface area contributed by atoms with Gasteiger partial charge in [0.05, 0.1) is 14.3 Å². The number of phenols is 1. The van der Waals surface area contributed by atoms with Gasteiger partial charge in [0.2, 0.25) is 0 Å². The van der Waals surface area contributed by atoms with Gasteiger partial charge in [-0.15, -0.1) is 0 Å². The van der Waals surface area contributed by atoms with Crippen LogP contribution in [0.4, 0.5) is 0 Å². The lowest BCUT2D eigenvalue weighted by molar-refractivity contribution is 0.0929. The van der Waals surface area contributed by atoms with E-state index in [4.69, 9.17) is 16.0 Å². The first-order chi connectivity index (χ1) is 11.4. The monoisotopic (exact) mass is 518 g/mol. The lowest BCUT2D eigenvalue weighted by Crippen LogP contribution is -2.16. The van der Waals surface area contributed by atoms with Crippen LogP contribution in [0.25, 0.3) is 11.0 Å². The quantitative estimate of drug-likeness (QED) is 0.293. The van der Waals surface area contributed by atoms with Crippen LogP contribution in [0.15, 0.2) is 50.4 Å². The Hall–Kier alpha value is -1.58. The van der Waals surface area contributed by atoms with Crippen LogP contribution in [0, 0.1) is 3.57 Å². The zero-order valence-corrected chi connectivity index (χ0v) is 16.4. The molecule has 0 aliphatic rings. The molecule has 1 heterocycles. The fourth-order valence-corrected chi connectivity index (χ4v) is 3.69. The molecule has 0 bridgehead atoms. The number of hydrazone groups is 1. The average molecular weight is 520 g/mol. The van der Waals surface area contributed by atoms with Crippen LogP contribution >= 0.6 is 50.1 Å². The number of rotatable bonds is 3. The Morgan fingerprint density at radius 3 is 2.88 bits per heavy atom. The molecule has 8 heteroatoms. The van der Waals surface area contributed by atoms with Crippen molar-refractivity contribution < 1.29 is 14.3 Å². The van der Waals surface area contributed by atoms with Crippen molar-refractivity contribution in [2.24, 2.45) is 5.10 Å². The number of phenolic OH excluding ortho intramolecular Hbond substituents is 1. The molecule has 122 valence electrons. The molecule has 24 heavy (non-hydrogen) atoms. The molecule has 2 aromatic carbocycles. The summed E-state index contributed by atoms with van der Waals surface area (Å²) < 4.78 is 6.68. The van der Waals surface area contributed by atoms with Crippen LogP contribution < -0.4 is 5.43 Å². The van der Waals surface area contributed by atoms with Gasteiger partial charge in [-0.2, -0.15) is 5.10 Å². The van der Waals surface area contributed by atoms with Gasteiger partial charge in [-0.1, -0.05) is 11.6 Å². The summed E-state index contributed by atoms with van der Waals surface area (Å²) in [6, 6.07) is 10.1. The molecule has 3 aromatic rings. The van der Waals surface area contributed by atoms with Crippen molar-refractivity contribution in [3.05, 3.63) is 60.8 Å². The van der Waals surface area contributed by atoms with Gasteiger partial charge in [0.15, 0.2) is 5.76 Å². The molecular formula is C16H9BrClIN2O3. The van der Waals surface area contributed by atoms with Gasteiger partial charge in [-0.05, 0) is 80.5 Å². The Kier molecular flexibility index (Phi) is 5.12. The second-order valence-corrected chi connectivity index (χ2v) is 7.28. The van der Waals surface area contributed by atoms with Crippen molar-refractivity contribution in [1.82, 2.24) is 5.43 Å². The van der Waals surface area contributed by atoms with Gasteiger partial charge < -0.3 is 9.52 Å². The summed E-state index contributed by atoms with van der Waals surface area (Å²) in [5.74, 6) is -0.158. The number of carbonyl (C=O) groups is 1. The van der Waals surface area contributed by atoms with E-state index in [1.165, 1.54) is 6.21 Å². The first-order valence-electron chi connectivity index (χ1n) is 6.64. The molecule has 0 unspecified atom stereocenters. The number of nitrogens with zero attached hydrogens (tertiary/aromatic N) is 1. The van der Waals surface area contributed by atoms with E-state index in [2.05, 4.69) is 26.5 Å². The third kappa shape index (κ3) is 3.73. The maximum Gasteiger partial charge on any atom is 0.307 e. The van der Waals surface area contributed by atoms with Crippen molar-refractivity contribution in [3.63, 3.8) is 0 Å². The Labute approximate surface area is 163 Å². The van der Waals surface area contributed by atoms with E-state index < -0.39 is 5.91 Å². The molecular weight excluding hydrogens is 510 g/mol. The lowest BCUT2D eigenvalue weighted by atomic mass is 10.2. The maximum atomic E-state index is 12.1. The molecule has 0 radical (unpaired) electrons. The van der Waals surface area contributed by atoms with Crippen LogP contribution in [0.1, 0.15) is 16.1 Å². The van der Waals surface area contributed by atoms with Crippen molar-refractivity contribution in [3.8, 4) is 5.75 Å². The summed E-state index contributed by atoms with van der Waals surface area (Å²) in [5.41, 5.74) is 3.70. The number of hydrogen-bond donors (Lipinski definition) is 2. The molecule has 0 saturated carbocycles. The van der Waals surface area contributed by atoms with Crippen LogP contribution in [-0.2, 0) is 0 Å². The number of hydrogen-bond acceptors (Lipinski definition) is 4. The zero-order valence-electron chi connectivity index (χ0n) is 11.9. The van der Waals surface area contributed by atoms with Gasteiger partial charge in [0.1, 0.15) is 11.3 Å². The minimum absolute atomic E-state index is 0.144. The summed E-state index contributed by atoms with van der Waals surface area (Å²) in [6.45, 7) is 0. The van der Waals surface area contributed by atoms with E-state index in [-0.39, 0.29) is 11.5 Å². The number of nitrogens with one attached hydrogen (secondary N) is 1. The van der Waals surface area contributed by atoms with Crippen LogP contribution in [-0.4, -0.2) is 17.2 Å². The van der Waals surface area contributed by atoms with E-state index in [9.17, 15) is 9.90 Å². The number of fused-ring (bicyclic) bond motifs is 1. The second kappa shape index (κ2) is 7.12. The largest absolute Gasteiger partial charge is 0.506 e. The Balaban J connectivity index is 1.74. The van der Waals surface area contributed by atoms with Gasteiger partial charge in [0.25, 0.3) is 0 Å². The number of aromatic hydroxyl groups is 1. The summed E-state index contributed by atoms with van der Waals surface area (Å²) in [4.78, 5) is 12.1. The van der Waals surface area contributed by atoms with E-state index in [1.54, 1.807) is 36.4 Å². The molecule has 1 amide bonds. The predicted molar refractivity (Wildman–Crippen MR) is 105 cm³/mol. The second-order valence-electron chi connectivity index (χ2n) is 4.83. The van der Waals surface area contributed by atoms with E-state index >= 15 is 0 Å². The van der Waals surface area contributed by atoms with Crippen LogP contribution in [0.2, 0.25) is 5.02 Å². The van der Waals surface area contributed by atoms with E-state index in [1.807, 2.05) is 22.6 Å². The molecule has 2 N–H and O–H groups in total. The molecule has 0 aliphatic heterocycles. The number of amides is 1. The summed E-state index contributed by atoms with van der Waals surface area (Å²) in [7, 11) is 0. The first-order valence-corrected chi connectivity index (χ1v) is 8.89. The van der Waals surface area contributed by atoms with Crippen molar-refractivity contribution in [2.75, 3.05) is 0 Å². The molecule has 0 saturated heterocycles. The molecule has 5 nitrogen and oxygen atoms in total. The van der Waals surface area contributed by atoms with Crippen LogP contribution in [0.3, 0.4) is 0 Å². The smallest absolute Gasteiger partial charge is 0.307 e. The highest BCUT2D eigenvalue weighted by Crippen LogP contribution is 2.30. The average Bonchev–Trinajstić information content (AvgIpc) is 2.95. The highest BCUT2D eigenvalue weighted by Gasteiger charge is 2.12. The minimum atomic E-state index is -0.467. The van der Waals surface area contributed by atoms with Gasteiger partial charge >= 0.3 is 5.91 Å². The van der Waals surface area contributed by atoms with Gasteiger partial charge in [-0.3, -0.25) is 4.79 Å². The third-order valence-electron chi connectivity index (χ3n) is 3.12. The zero-order chi connectivity index (χ0) is 17.3. The molecule has 0 aliphatic carbocycles. The Morgan fingerprint density at radius 1 is 1.33 bits per heavy atom. The van der Waals surface area contributed by atoms with Crippen LogP contribution in [0.5, 0.6) is 5.75 Å². The van der Waals surface area contributed by atoms with Gasteiger partial charge in [-0.25, -0.2) is 5.43 Å². The molecule has 0 atom stereocenters. The molecule has 1 aromatic heterocycles. The third-order valence-corrected chi connectivity index (χ3v) is 4.78.